The summed E-state index contributed by atoms with van der Waals surface area (Å²) in [7, 11) is -4.03. The molecule has 2 aliphatic rings. The Labute approximate surface area is 151 Å². The van der Waals surface area contributed by atoms with Gasteiger partial charge in [-0.2, -0.15) is 4.31 Å². The number of benzene rings is 1. The first-order valence-corrected chi connectivity index (χ1v) is 9.80. The van der Waals surface area contributed by atoms with E-state index in [0.717, 1.165) is 23.8 Å². The van der Waals surface area contributed by atoms with Crippen LogP contribution < -0.4 is 0 Å². The Hall–Kier alpha value is -0.860. The van der Waals surface area contributed by atoms with Crippen molar-refractivity contribution in [2.75, 3.05) is 19.6 Å². The number of carbonyl (C=O) groups is 1. The number of nitrogens with zero attached hydrogens (tertiary/aromatic N) is 2. The van der Waals surface area contributed by atoms with Gasteiger partial charge in [0.15, 0.2) is 0 Å². The summed E-state index contributed by atoms with van der Waals surface area (Å²) in [4.78, 5) is 13.9. The number of aliphatic carboxylic acids is 1. The molecule has 0 aromatic heterocycles. The Balaban J connectivity index is 2.01. The van der Waals surface area contributed by atoms with Gasteiger partial charge in [0.25, 0.3) is 0 Å². The molecule has 0 spiro atoms. The summed E-state index contributed by atoms with van der Waals surface area (Å²) in [5, 5.41) is 10.1. The second kappa shape index (κ2) is 6.14. The predicted molar refractivity (Wildman–Crippen MR) is 91.0 cm³/mol. The van der Waals surface area contributed by atoms with Gasteiger partial charge in [-0.05, 0) is 51.1 Å². The minimum atomic E-state index is -4.03. The molecule has 1 aromatic rings. The molecule has 0 radical (unpaired) electrons. The van der Waals surface area contributed by atoms with Crippen molar-refractivity contribution in [3.63, 3.8) is 0 Å². The number of sulfonamides is 1. The van der Waals surface area contributed by atoms with Gasteiger partial charge >= 0.3 is 5.97 Å². The maximum atomic E-state index is 13.1. The number of carboxylic acid groups (broad SMARTS) is 1. The minimum Gasteiger partial charge on any atom is -0.480 e. The summed E-state index contributed by atoms with van der Waals surface area (Å²) >= 11 is 11.8. The van der Waals surface area contributed by atoms with Gasteiger partial charge in [-0.1, -0.05) is 23.2 Å². The van der Waals surface area contributed by atoms with E-state index in [1.165, 1.54) is 25.1 Å². The average molecular weight is 393 g/mol. The van der Waals surface area contributed by atoms with Gasteiger partial charge < -0.3 is 5.11 Å². The second-order valence-corrected chi connectivity index (χ2v) is 9.20. The van der Waals surface area contributed by atoms with Gasteiger partial charge in [-0.25, -0.2) is 8.42 Å². The van der Waals surface area contributed by atoms with Gasteiger partial charge in [-0.15, -0.1) is 0 Å². The number of halogens is 2. The summed E-state index contributed by atoms with van der Waals surface area (Å²) in [6, 6.07) is 3.93. The Morgan fingerprint density at radius 3 is 2.29 bits per heavy atom. The molecule has 1 aromatic carbocycles. The van der Waals surface area contributed by atoms with Crippen LogP contribution in [0.3, 0.4) is 0 Å². The zero-order valence-corrected chi connectivity index (χ0v) is 15.4. The third kappa shape index (κ3) is 2.93. The van der Waals surface area contributed by atoms with Crippen molar-refractivity contribution in [1.29, 1.82) is 0 Å². The fraction of sp³-hybridized carbons (Fsp3) is 0.533. The molecule has 0 aliphatic carbocycles. The van der Waals surface area contributed by atoms with Gasteiger partial charge in [0, 0.05) is 22.6 Å². The summed E-state index contributed by atoms with van der Waals surface area (Å²) in [5.41, 5.74) is -1.49. The normalized spacial score (nSPS) is 28.7. The largest absolute Gasteiger partial charge is 0.480 e. The lowest BCUT2D eigenvalue weighted by atomic mass is 9.97. The standard InChI is InChI=1S/C15H18Cl2N2O4S/c1-15(14(20)21)8-12(18-3-2-4-18)9-19(15)24(22,23)13-6-10(16)5-11(17)7-13/h5-7,12H,2-4,8-9H2,1H3,(H,20,21)/t12-,15+/m1/s1. The Morgan fingerprint density at radius 1 is 1.25 bits per heavy atom. The van der Waals surface area contributed by atoms with E-state index in [4.69, 9.17) is 23.2 Å². The van der Waals surface area contributed by atoms with Crippen molar-refractivity contribution in [1.82, 2.24) is 9.21 Å². The lowest BCUT2D eigenvalue weighted by Crippen LogP contribution is -2.50. The summed E-state index contributed by atoms with van der Waals surface area (Å²) in [6.45, 7) is 3.35. The Bertz CT molecular complexity index is 761. The predicted octanol–water partition coefficient (Wildman–Crippen LogP) is 2.31. The van der Waals surface area contributed by atoms with Crippen LogP contribution in [0.15, 0.2) is 23.1 Å². The van der Waals surface area contributed by atoms with Gasteiger partial charge in [0.1, 0.15) is 5.54 Å². The first kappa shape index (κ1) is 17.9. The molecule has 0 bridgehead atoms. The lowest BCUT2D eigenvalue weighted by Gasteiger charge is -2.36. The van der Waals surface area contributed by atoms with E-state index in [1.807, 2.05) is 0 Å². The molecule has 3 rings (SSSR count). The highest BCUT2D eigenvalue weighted by Crippen LogP contribution is 2.38. The van der Waals surface area contributed by atoms with Crippen molar-refractivity contribution in [3.8, 4) is 0 Å². The van der Waals surface area contributed by atoms with E-state index < -0.39 is 21.5 Å². The SMILES string of the molecule is C[C@@]1(C(=O)O)C[C@@H](N2CCC2)CN1S(=O)(=O)c1cc(Cl)cc(Cl)c1. The van der Waals surface area contributed by atoms with Crippen molar-refractivity contribution >= 4 is 39.2 Å². The maximum absolute atomic E-state index is 13.1. The van der Waals surface area contributed by atoms with Crippen LogP contribution in [-0.4, -0.2) is 59.9 Å². The third-order valence-electron chi connectivity index (χ3n) is 4.85. The minimum absolute atomic E-state index is 0.0864. The lowest BCUT2D eigenvalue weighted by molar-refractivity contribution is -0.146. The quantitative estimate of drug-likeness (QED) is 0.850. The highest BCUT2D eigenvalue weighted by atomic mass is 35.5. The average Bonchev–Trinajstić information content (AvgIpc) is 2.75. The summed E-state index contributed by atoms with van der Waals surface area (Å²) in [6.07, 6.45) is 1.31. The van der Waals surface area contributed by atoms with Crippen molar-refractivity contribution < 1.29 is 18.3 Å². The molecule has 132 valence electrons. The van der Waals surface area contributed by atoms with Gasteiger partial charge in [-0.3, -0.25) is 9.69 Å². The highest BCUT2D eigenvalue weighted by molar-refractivity contribution is 7.89. The molecule has 2 atom stereocenters. The first-order valence-electron chi connectivity index (χ1n) is 7.61. The van der Waals surface area contributed by atoms with E-state index in [9.17, 15) is 18.3 Å². The van der Waals surface area contributed by atoms with Crippen LogP contribution in [0, 0.1) is 0 Å². The zero-order valence-electron chi connectivity index (χ0n) is 13.1. The van der Waals surface area contributed by atoms with Gasteiger partial charge in [0.2, 0.25) is 10.0 Å². The molecule has 2 fully saturated rings. The van der Waals surface area contributed by atoms with E-state index in [2.05, 4.69) is 4.90 Å². The van der Waals surface area contributed by atoms with Crippen LogP contribution in [0.4, 0.5) is 0 Å². The van der Waals surface area contributed by atoms with Crippen molar-refractivity contribution in [2.24, 2.45) is 0 Å². The molecule has 0 unspecified atom stereocenters. The maximum Gasteiger partial charge on any atom is 0.324 e. The van der Waals surface area contributed by atoms with E-state index in [1.54, 1.807) is 0 Å². The fourth-order valence-electron chi connectivity index (χ4n) is 3.33. The summed E-state index contributed by atoms with van der Waals surface area (Å²) < 4.78 is 27.2. The molecule has 2 heterocycles. The van der Waals surface area contributed by atoms with Crippen LogP contribution in [0.5, 0.6) is 0 Å². The second-order valence-electron chi connectivity index (χ2n) is 6.47. The molecule has 24 heavy (non-hydrogen) atoms. The molecule has 1 N–H and O–H groups in total. The van der Waals surface area contributed by atoms with E-state index >= 15 is 0 Å². The zero-order chi connectivity index (χ0) is 17.7. The molecule has 9 heteroatoms. The first-order chi connectivity index (χ1) is 11.1. The van der Waals surface area contributed by atoms with Crippen LogP contribution in [0.25, 0.3) is 0 Å². The van der Waals surface area contributed by atoms with Gasteiger partial charge in [0.05, 0.1) is 4.90 Å². The Kier molecular flexibility index (Phi) is 4.59. The number of carboxylic acids is 1. The van der Waals surface area contributed by atoms with Crippen LogP contribution in [0.1, 0.15) is 19.8 Å². The number of hydrogen-bond donors (Lipinski definition) is 1. The molecular weight excluding hydrogens is 375 g/mol. The van der Waals surface area contributed by atoms with Crippen LogP contribution in [0.2, 0.25) is 10.0 Å². The smallest absolute Gasteiger partial charge is 0.324 e. The molecule has 6 nitrogen and oxygen atoms in total. The van der Waals surface area contributed by atoms with E-state index in [0.29, 0.717) is 0 Å². The number of likely N-dealkylation sites (tertiary alicyclic amines) is 1. The van der Waals surface area contributed by atoms with Crippen molar-refractivity contribution in [2.45, 2.75) is 36.2 Å². The third-order valence-corrected chi connectivity index (χ3v) is 7.25. The monoisotopic (exact) mass is 392 g/mol. The molecule has 2 saturated heterocycles. The summed E-state index contributed by atoms with van der Waals surface area (Å²) in [5.74, 6) is -1.15. The topological polar surface area (TPSA) is 77.9 Å². The number of rotatable bonds is 4. The Morgan fingerprint density at radius 2 is 1.83 bits per heavy atom. The fourth-order valence-corrected chi connectivity index (χ4v) is 5.84. The van der Waals surface area contributed by atoms with Crippen molar-refractivity contribution in [3.05, 3.63) is 28.2 Å². The van der Waals surface area contributed by atoms with Crippen LogP contribution in [-0.2, 0) is 14.8 Å². The van der Waals surface area contributed by atoms with Crippen LogP contribution >= 0.6 is 23.2 Å². The molecule has 0 amide bonds. The van der Waals surface area contributed by atoms with E-state index in [-0.39, 0.29) is 33.9 Å². The highest BCUT2D eigenvalue weighted by Gasteiger charge is 2.55. The number of hydrogen-bond acceptors (Lipinski definition) is 4. The molecule has 0 saturated carbocycles. The molecular formula is C15H18Cl2N2O4S. The molecule has 2 aliphatic heterocycles.